The van der Waals surface area contributed by atoms with Crippen LogP contribution >= 0.6 is 11.8 Å². The molecular formula is C25H27N3O4S. The Labute approximate surface area is 197 Å². The van der Waals surface area contributed by atoms with Gasteiger partial charge in [0.15, 0.2) is 5.76 Å². The van der Waals surface area contributed by atoms with Gasteiger partial charge >= 0.3 is 5.97 Å². The Balaban J connectivity index is 1.29. The largest absolute Gasteiger partial charge is 0.466 e. The molecule has 1 aliphatic rings. The Bertz CT molecular complexity index is 1090. The van der Waals surface area contributed by atoms with E-state index >= 15 is 0 Å². The van der Waals surface area contributed by atoms with Crippen LogP contribution in [0, 0.1) is 12.8 Å². The van der Waals surface area contributed by atoms with Gasteiger partial charge in [-0.15, -0.1) is 10.2 Å². The van der Waals surface area contributed by atoms with E-state index in [2.05, 4.69) is 29.3 Å². The molecule has 4 rings (SSSR count). The number of nitrogens with zero attached hydrogens (tertiary/aromatic N) is 3. The van der Waals surface area contributed by atoms with Crippen LogP contribution < -0.4 is 0 Å². The summed E-state index contributed by atoms with van der Waals surface area (Å²) < 4.78 is 10.9. The number of carbonyl (C=O) groups is 2. The summed E-state index contributed by atoms with van der Waals surface area (Å²) in [5.41, 5.74) is 3.07. The van der Waals surface area contributed by atoms with E-state index < -0.39 is 0 Å². The highest BCUT2D eigenvalue weighted by atomic mass is 32.2. The van der Waals surface area contributed by atoms with Gasteiger partial charge in [-0.3, -0.25) is 9.59 Å². The molecule has 1 fully saturated rings. The van der Waals surface area contributed by atoms with E-state index in [0.29, 0.717) is 49.8 Å². The highest BCUT2D eigenvalue weighted by Crippen LogP contribution is 2.25. The van der Waals surface area contributed by atoms with Crippen LogP contribution in [0.2, 0.25) is 0 Å². The zero-order valence-corrected chi connectivity index (χ0v) is 19.6. The number of amides is 1. The van der Waals surface area contributed by atoms with Crippen LogP contribution in [0.15, 0.2) is 58.0 Å². The van der Waals surface area contributed by atoms with Crippen molar-refractivity contribution in [1.29, 1.82) is 0 Å². The second kappa shape index (κ2) is 10.7. The molecule has 0 atom stereocenters. The first-order valence-electron chi connectivity index (χ1n) is 11.1. The Kier molecular flexibility index (Phi) is 7.44. The summed E-state index contributed by atoms with van der Waals surface area (Å²) in [5.74, 6) is 1.13. The molecule has 0 unspecified atom stereocenters. The van der Waals surface area contributed by atoms with Crippen molar-refractivity contribution in [3.8, 4) is 11.3 Å². The lowest BCUT2D eigenvalue weighted by molar-refractivity contribution is -0.149. The molecule has 2 aromatic heterocycles. The third-order valence-corrected chi connectivity index (χ3v) is 6.57. The molecule has 0 saturated carbocycles. The van der Waals surface area contributed by atoms with E-state index in [0.717, 1.165) is 16.3 Å². The number of carbonyl (C=O) groups excluding carboxylic acids is 2. The molecule has 1 aliphatic heterocycles. The van der Waals surface area contributed by atoms with Gasteiger partial charge in [0.2, 0.25) is 0 Å². The Morgan fingerprint density at radius 2 is 1.82 bits per heavy atom. The van der Waals surface area contributed by atoms with Crippen LogP contribution in [0.3, 0.4) is 0 Å². The third-order valence-electron chi connectivity index (χ3n) is 5.62. The van der Waals surface area contributed by atoms with Crippen LogP contribution in [-0.2, 0) is 15.3 Å². The van der Waals surface area contributed by atoms with Crippen molar-refractivity contribution < 1.29 is 18.7 Å². The molecular weight excluding hydrogens is 438 g/mol. The SMILES string of the molecule is CCOC(=O)C1CCN(C(=O)c2ccc(CSc3ccc(-c4ccc(C)cc4)nn3)o2)CC1. The lowest BCUT2D eigenvalue weighted by Crippen LogP contribution is -2.40. The molecule has 0 bridgehead atoms. The van der Waals surface area contributed by atoms with Gasteiger partial charge in [-0.25, -0.2) is 0 Å². The van der Waals surface area contributed by atoms with Gasteiger partial charge in [0, 0.05) is 18.7 Å². The number of ether oxygens (including phenoxy) is 1. The maximum absolute atomic E-state index is 12.8. The molecule has 3 heterocycles. The van der Waals surface area contributed by atoms with Crippen molar-refractivity contribution in [2.75, 3.05) is 19.7 Å². The van der Waals surface area contributed by atoms with Crippen LogP contribution in [0.1, 0.15) is 41.6 Å². The predicted octanol–water partition coefficient (Wildman–Crippen LogP) is 4.75. The van der Waals surface area contributed by atoms with Crippen molar-refractivity contribution in [2.24, 2.45) is 5.92 Å². The van der Waals surface area contributed by atoms with Crippen molar-refractivity contribution in [1.82, 2.24) is 15.1 Å². The fourth-order valence-corrected chi connectivity index (χ4v) is 4.43. The first-order chi connectivity index (χ1) is 16.0. The number of furan rings is 1. The lowest BCUT2D eigenvalue weighted by Gasteiger charge is -2.30. The molecule has 1 saturated heterocycles. The molecule has 1 amide bonds. The lowest BCUT2D eigenvalue weighted by atomic mass is 9.97. The number of likely N-dealkylation sites (tertiary alicyclic amines) is 1. The zero-order valence-electron chi connectivity index (χ0n) is 18.8. The summed E-state index contributed by atoms with van der Waals surface area (Å²) in [7, 11) is 0. The molecule has 33 heavy (non-hydrogen) atoms. The van der Waals surface area contributed by atoms with Crippen molar-refractivity contribution in [2.45, 2.75) is 37.5 Å². The first kappa shape index (κ1) is 23.0. The number of rotatable bonds is 7. The van der Waals surface area contributed by atoms with E-state index in [1.54, 1.807) is 17.9 Å². The van der Waals surface area contributed by atoms with Crippen LogP contribution in [0.5, 0.6) is 0 Å². The van der Waals surface area contributed by atoms with Crippen molar-refractivity contribution in [3.63, 3.8) is 0 Å². The predicted molar refractivity (Wildman–Crippen MR) is 126 cm³/mol. The number of aryl methyl sites for hydroxylation is 1. The minimum atomic E-state index is -0.170. The van der Waals surface area contributed by atoms with E-state index in [1.807, 2.05) is 30.3 Å². The number of hydrogen-bond donors (Lipinski definition) is 0. The maximum Gasteiger partial charge on any atom is 0.309 e. The molecule has 0 aliphatic carbocycles. The summed E-state index contributed by atoms with van der Waals surface area (Å²) in [4.78, 5) is 26.4. The summed E-state index contributed by atoms with van der Waals surface area (Å²) in [5, 5.41) is 9.41. The average Bonchev–Trinajstić information content (AvgIpc) is 3.32. The maximum atomic E-state index is 12.8. The molecule has 0 radical (unpaired) electrons. The van der Waals surface area contributed by atoms with Gasteiger partial charge in [0.05, 0.1) is 24.0 Å². The summed E-state index contributed by atoms with van der Waals surface area (Å²) in [6.45, 7) is 5.28. The van der Waals surface area contributed by atoms with E-state index in [4.69, 9.17) is 9.15 Å². The average molecular weight is 466 g/mol. The summed E-state index contributed by atoms with van der Waals surface area (Å²) >= 11 is 1.50. The molecule has 0 spiro atoms. The third kappa shape index (κ3) is 5.82. The van der Waals surface area contributed by atoms with Gasteiger partial charge in [-0.1, -0.05) is 41.6 Å². The number of benzene rings is 1. The number of aromatic nitrogens is 2. The smallest absolute Gasteiger partial charge is 0.309 e. The van der Waals surface area contributed by atoms with Gasteiger partial charge in [-0.2, -0.15) is 0 Å². The van der Waals surface area contributed by atoms with E-state index in [1.165, 1.54) is 17.3 Å². The first-order valence-corrected chi connectivity index (χ1v) is 12.1. The minimum absolute atomic E-state index is 0.129. The molecule has 0 N–H and O–H groups in total. The minimum Gasteiger partial charge on any atom is -0.466 e. The van der Waals surface area contributed by atoms with Gasteiger partial charge in [0.25, 0.3) is 5.91 Å². The van der Waals surface area contributed by atoms with E-state index in [-0.39, 0.29) is 17.8 Å². The fourth-order valence-electron chi connectivity index (χ4n) is 3.73. The standard InChI is InChI=1S/C25H27N3O4S/c1-3-31-25(30)19-12-14-28(15-13-19)24(29)22-10-8-20(32-22)16-33-23-11-9-21(26-27-23)18-6-4-17(2)5-7-18/h4-11,19H,3,12-16H2,1-2H3. The number of esters is 1. The second-order valence-corrected chi connectivity index (χ2v) is 8.99. The summed E-state index contributed by atoms with van der Waals surface area (Å²) in [6, 6.07) is 15.6. The highest BCUT2D eigenvalue weighted by Gasteiger charge is 2.29. The number of piperidine rings is 1. The summed E-state index contributed by atoms with van der Waals surface area (Å²) in [6.07, 6.45) is 1.23. The Morgan fingerprint density at radius 3 is 2.48 bits per heavy atom. The van der Waals surface area contributed by atoms with Gasteiger partial charge in [-0.05, 0) is 51.0 Å². The van der Waals surface area contributed by atoms with Crippen LogP contribution in [0.4, 0.5) is 0 Å². The van der Waals surface area contributed by atoms with Crippen LogP contribution in [-0.4, -0.2) is 46.7 Å². The van der Waals surface area contributed by atoms with Gasteiger partial charge < -0.3 is 14.1 Å². The van der Waals surface area contributed by atoms with Crippen LogP contribution in [0.25, 0.3) is 11.3 Å². The quantitative estimate of drug-likeness (QED) is 0.368. The normalized spacial score (nSPS) is 14.3. The molecule has 7 nitrogen and oxygen atoms in total. The number of thioether (sulfide) groups is 1. The molecule has 8 heteroatoms. The fraction of sp³-hybridized carbons (Fsp3) is 0.360. The topological polar surface area (TPSA) is 85.5 Å². The van der Waals surface area contributed by atoms with Gasteiger partial charge in [0.1, 0.15) is 10.8 Å². The zero-order chi connectivity index (χ0) is 23.2. The number of hydrogen-bond acceptors (Lipinski definition) is 7. The van der Waals surface area contributed by atoms with Crippen molar-refractivity contribution in [3.05, 3.63) is 65.6 Å². The Hall–Kier alpha value is -3.13. The molecule has 3 aromatic rings. The van der Waals surface area contributed by atoms with Crippen molar-refractivity contribution >= 4 is 23.6 Å². The Morgan fingerprint density at radius 1 is 1.06 bits per heavy atom. The monoisotopic (exact) mass is 465 g/mol. The highest BCUT2D eigenvalue weighted by molar-refractivity contribution is 7.98. The molecule has 1 aromatic carbocycles. The molecule has 172 valence electrons. The van der Waals surface area contributed by atoms with E-state index in [9.17, 15) is 9.59 Å². The second-order valence-electron chi connectivity index (χ2n) is 8.00.